The third-order valence-electron chi connectivity index (χ3n) is 4.89. The van der Waals surface area contributed by atoms with Crippen molar-refractivity contribution in [1.82, 2.24) is 10.3 Å². The molecule has 2 atom stereocenters. The number of nitrogens with one attached hydrogen (secondary N) is 2. The molecule has 1 aromatic heterocycles. The van der Waals surface area contributed by atoms with Crippen molar-refractivity contribution in [3.8, 4) is 0 Å². The molecule has 1 aliphatic rings. The first-order chi connectivity index (χ1) is 13.1. The quantitative estimate of drug-likeness (QED) is 0.744. The van der Waals surface area contributed by atoms with E-state index >= 15 is 0 Å². The van der Waals surface area contributed by atoms with Crippen molar-refractivity contribution in [2.45, 2.75) is 25.0 Å². The highest BCUT2D eigenvalue weighted by Crippen LogP contribution is 2.27. The van der Waals surface area contributed by atoms with Crippen LogP contribution in [0.4, 0.5) is 4.39 Å². The van der Waals surface area contributed by atoms with Crippen LogP contribution in [-0.4, -0.2) is 23.6 Å². The number of fused-ring (bicyclic) bond motifs is 1. The molecule has 2 N–H and O–H groups in total. The van der Waals surface area contributed by atoms with Gasteiger partial charge in [0.25, 0.3) is 5.91 Å². The van der Waals surface area contributed by atoms with Gasteiger partial charge in [0.15, 0.2) is 0 Å². The topological polar surface area (TPSA) is 71.2 Å². The van der Waals surface area contributed by atoms with Crippen LogP contribution in [0, 0.1) is 5.82 Å². The smallest absolute Gasteiger partial charge is 0.257 e. The van der Waals surface area contributed by atoms with Crippen molar-refractivity contribution in [3.05, 3.63) is 81.9 Å². The largest absolute Gasteiger partial charge is 0.376 e. The number of halogens is 1. The van der Waals surface area contributed by atoms with Crippen LogP contribution in [0.5, 0.6) is 0 Å². The molecule has 0 aliphatic carbocycles. The van der Waals surface area contributed by atoms with Gasteiger partial charge in [0, 0.05) is 23.7 Å². The monoisotopic (exact) mass is 366 g/mol. The highest BCUT2D eigenvalue weighted by Gasteiger charge is 2.29. The number of aromatic amines is 1. The molecule has 2 heterocycles. The summed E-state index contributed by atoms with van der Waals surface area (Å²) < 4.78 is 19.0. The number of para-hydroxylation sites is 1. The molecule has 1 saturated heterocycles. The number of benzene rings is 2. The van der Waals surface area contributed by atoms with Crippen LogP contribution in [-0.2, 0) is 4.74 Å². The lowest BCUT2D eigenvalue weighted by Gasteiger charge is -2.24. The Morgan fingerprint density at radius 3 is 2.70 bits per heavy atom. The number of carbonyl (C=O) groups is 1. The molecule has 1 fully saturated rings. The number of carbonyl (C=O) groups excluding carboxylic acids is 1. The Morgan fingerprint density at radius 1 is 1.19 bits per heavy atom. The minimum absolute atomic E-state index is 0.0406. The molecular formula is C21H19FN2O3. The second-order valence-corrected chi connectivity index (χ2v) is 6.63. The molecule has 2 unspecified atom stereocenters. The SMILES string of the molecule is O=C(NC(c1ccc(F)cc1)C1CCCO1)c1c[nH]c2ccccc2c1=O. The molecule has 0 saturated carbocycles. The average Bonchev–Trinajstić information content (AvgIpc) is 3.22. The van der Waals surface area contributed by atoms with E-state index < -0.39 is 11.9 Å². The predicted octanol–water partition coefficient (Wildman–Crippen LogP) is 3.32. The van der Waals surface area contributed by atoms with Crippen molar-refractivity contribution in [2.24, 2.45) is 0 Å². The van der Waals surface area contributed by atoms with Gasteiger partial charge < -0.3 is 15.0 Å². The normalized spacial score (nSPS) is 17.7. The fraction of sp³-hybridized carbons (Fsp3) is 0.238. The summed E-state index contributed by atoms with van der Waals surface area (Å²) >= 11 is 0. The zero-order chi connectivity index (χ0) is 18.8. The Labute approximate surface area is 155 Å². The van der Waals surface area contributed by atoms with Gasteiger partial charge in [-0.25, -0.2) is 4.39 Å². The van der Waals surface area contributed by atoms with Crippen molar-refractivity contribution in [2.75, 3.05) is 6.61 Å². The molecule has 0 spiro atoms. The molecule has 1 aliphatic heterocycles. The Balaban J connectivity index is 1.66. The van der Waals surface area contributed by atoms with Gasteiger partial charge in [-0.05, 0) is 42.7 Å². The number of ether oxygens (including phenoxy) is 1. The Bertz CT molecular complexity index is 1020. The summed E-state index contributed by atoms with van der Waals surface area (Å²) in [7, 11) is 0. The minimum Gasteiger partial charge on any atom is -0.376 e. The van der Waals surface area contributed by atoms with Crippen LogP contribution in [0.15, 0.2) is 59.5 Å². The van der Waals surface area contributed by atoms with E-state index in [9.17, 15) is 14.0 Å². The summed E-state index contributed by atoms with van der Waals surface area (Å²) in [5.74, 6) is -0.825. The first-order valence-electron chi connectivity index (χ1n) is 8.92. The molecule has 0 bridgehead atoms. The molecular weight excluding hydrogens is 347 g/mol. The Kier molecular flexibility index (Phi) is 4.73. The molecule has 6 heteroatoms. The lowest BCUT2D eigenvalue weighted by molar-refractivity contribution is 0.0671. The van der Waals surface area contributed by atoms with E-state index in [4.69, 9.17) is 4.74 Å². The number of amides is 1. The lowest BCUT2D eigenvalue weighted by Crippen LogP contribution is -2.38. The first kappa shape index (κ1) is 17.4. The number of pyridine rings is 1. The summed E-state index contributed by atoms with van der Waals surface area (Å²) in [6, 6.07) is 12.6. The van der Waals surface area contributed by atoms with Crippen LogP contribution in [0.25, 0.3) is 10.9 Å². The van der Waals surface area contributed by atoms with Crippen molar-refractivity contribution < 1.29 is 13.9 Å². The van der Waals surface area contributed by atoms with Crippen molar-refractivity contribution in [3.63, 3.8) is 0 Å². The highest BCUT2D eigenvalue weighted by atomic mass is 19.1. The van der Waals surface area contributed by atoms with Gasteiger partial charge in [-0.3, -0.25) is 9.59 Å². The third kappa shape index (κ3) is 3.48. The maximum Gasteiger partial charge on any atom is 0.257 e. The molecule has 2 aromatic carbocycles. The number of rotatable bonds is 4. The summed E-state index contributed by atoms with van der Waals surface area (Å²) in [5.41, 5.74) is 1.13. The summed E-state index contributed by atoms with van der Waals surface area (Å²) in [5, 5.41) is 3.37. The van der Waals surface area contributed by atoms with E-state index in [1.165, 1.54) is 18.3 Å². The van der Waals surface area contributed by atoms with E-state index in [1.807, 2.05) is 6.07 Å². The second kappa shape index (κ2) is 7.32. The predicted molar refractivity (Wildman–Crippen MR) is 100 cm³/mol. The van der Waals surface area contributed by atoms with Gasteiger partial charge in [-0.2, -0.15) is 0 Å². The van der Waals surface area contributed by atoms with Gasteiger partial charge in [-0.1, -0.05) is 24.3 Å². The molecule has 1 amide bonds. The fourth-order valence-corrected chi connectivity index (χ4v) is 3.48. The van der Waals surface area contributed by atoms with Crippen LogP contribution in [0.2, 0.25) is 0 Å². The Morgan fingerprint density at radius 2 is 1.96 bits per heavy atom. The summed E-state index contributed by atoms with van der Waals surface area (Å²) in [4.78, 5) is 28.5. The van der Waals surface area contributed by atoms with Crippen LogP contribution >= 0.6 is 0 Å². The maximum atomic E-state index is 13.3. The van der Waals surface area contributed by atoms with Gasteiger partial charge >= 0.3 is 0 Å². The maximum absolute atomic E-state index is 13.3. The molecule has 138 valence electrons. The van der Waals surface area contributed by atoms with Gasteiger partial charge in [0.2, 0.25) is 5.43 Å². The van der Waals surface area contributed by atoms with Crippen molar-refractivity contribution in [1.29, 1.82) is 0 Å². The summed E-state index contributed by atoms with van der Waals surface area (Å²) in [6.07, 6.45) is 2.90. The van der Waals surface area contributed by atoms with Crippen LogP contribution < -0.4 is 10.7 Å². The minimum atomic E-state index is -0.480. The van der Waals surface area contributed by atoms with Gasteiger partial charge in [0.05, 0.1) is 12.1 Å². The zero-order valence-electron chi connectivity index (χ0n) is 14.6. The second-order valence-electron chi connectivity index (χ2n) is 6.63. The van der Waals surface area contributed by atoms with E-state index in [1.54, 1.807) is 30.3 Å². The van der Waals surface area contributed by atoms with Crippen LogP contribution in [0.1, 0.15) is 34.8 Å². The number of hydrogen-bond donors (Lipinski definition) is 2. The highest BCUT2D eigenvalue weighted by molar-refractivity contribution is 5.97. The van der Waals surface area contributed by atoms with E-state index in [-0.39, 0.29) is 22.9 Å². The number of H-pyrrole nitrogens is 1. The lowest BCUT2D eigenvalue weighted by atomic mass is 9.98. The fourth-order valence-electron chi connectivity index (χ4n) is 3.48. The third-order valence-corrected chi connectivity index (χ3v) is 4.89. The number of hydrogen-bond acceptors (Lipinski definition) is 3. The molecule has 5 nitrogen and oxygen atoms in total. The average molecular weight is 366 g/mol. The van der Waals surface area contributed by atoms with Gasteiger partial charge in [-0.15, -0.1) is 0 Å². The number of aromatic nitrogens is 1. The van der Waals surface area contributed by atoms with Gasteiger partial charge in [0.1, 0.15) is 11.4 Å². The van der Waals surface area contributed by atoms with Crippen LogP contribution in [0.3, 0.4) is 0 Å². The standard InChI is InChI=1S/C21H19FN2O3/c22-14-9-7-13(8-10-14)19(18-6-3-11-27-18)24-21(26)16-12-23-17-5-2-1-4-15(17)20(16)25/h1-2,4-5,7-10,12,18-19H,3,6,11H2,(H,23,25)(H,24,26). The summed E-state index contributed by atoms with van der Waals surface area (Å²) in [6.45, 7) is 0.620. The molecule has 4 rings (SSSR count). The van der Waals surface area contributed by atoms with E-state index in [2.05, 4.69) is 10.3 Å². The molecule has 27 heavy (non-hydrogen) atoms. The Hall–Kier alpha value is -2.99. The first-order valence-corrected chi connectivity index (χ1v) is 8.92. The van der Waals surface area contributed by atoms with E-state index in [0.29, 0.717) is 17.5 Å². The molecule has 0 radical (unpaired) electrons. The van der Waals surface area contributed by atoms with E-state index in [0.717, 1.165) is 18.4 Å². The molecule has 3 aromatic rings. The zero-order valence-corrected chi connectivity index (χ0v) is 14.6. The van der Waals surface area contributed by atoms with Crippen molar-refractivity contribution >= 4 is 16.8 Å².